The van der Waals surface area contributed by atoms with Gasteiger partial charge < -0.3 is 32.2 Å². The molecule has 0 spiro atoms. The van der Waals surface area contributed by atoms with Crippen molar-refractivity contribution in [3.63, 3.8) is 0 Å². The second kappa shape index (κ2) is 15.6. The number of ether oxygens (including phenoxy) is 1. The monoisotopic (exact) mass is 519 g/mol. The minimum atomic E-state index is -1.33. The van der Waals surface area contributed by atoms with Crippen molar-refractivity contribution in [2.24, 2.45) is 23.3 Å². The average molecular weight is 520 g/mol. The van der Waals surface area contributed by atoms with Gasteiger partial charge in [-0.05, 0) is 30.7 Å². The third kappa shape index (κ3) is 11.4. The number of carbonyl (C=O) groups excluding carboxylic acids is 5. The zero-order chi connectivity index (χ0) is 28.1. The predicted octanol–water partition coefficient (Wildman–Crippen LogP) is 0.499. The molecule has 0 radical (unpaired) electrons. The van der Waals surface area contributed by atoms with Crippen LogP contribution in [0, 0.1) is 11.8 Å². The first-order valence-corrected chi connectivity index (χ1v) is 12.5. The van der Waals surface area contributed by atoms with Crippen LogP contribution in [0.5, 0.6) is 0 Å². The molecule has 11 heteroatoms. The van der Waals surface area contributed by atoms with E-state index in [-0.39, 0.29) is 18.4 Å². The fourth-order valence-electron chi connectivity index (χ4n) is 3.40. The molecule has 0 fully saturated rings. The maximum atomic E-state index is 13.2. The number of primary amides is 1. The summed E-state index contributed by atoms with van der Waals surface area (Å²) >= 11 is 0. The van der Waals surface area contributed by atoms with Gasteiger partial charge in [-0.25, -0.2) is 0 Å². The second-order valence-corrected chi connectivity index (χ2v) is 9.65. The summed E-state index contributed by atoms with van der Waals surface area (Å²) in [6.45, 7) is 8.82. The van der Waals surface area contributed by atoms with Gasteiger partial charge in [-0.2, -0.15) is 0 Å². The molecular formula is C26H41N5O6. The maximum absolute atomic E-state index is 13.2. The largest absolute Gasteiger partial charge is 0.461 e. The number of rotatable bonds is 15. The molecule has 0 aliphatic heterocycles. The van der Waals surface area contributed by atoms with E-state index in [1.54, 1.807) is 31.2 Å². The summed E-state index contributed by atoms with van der Waals surface area (Å²) in [6, 6.07) is 4.79. The topological polar surface area (TPSA) is 183 Å². The molecule has 0 heterocycles. The molecule has 37 heavy (non-hydrogen) atoms. The van der Waals surface area contributed by atoms with Crippen molar-refractivity contribution in [2.45, 2.75) is 84.7 Å². The number of benzene rings is 1. The number of carbonyl (C=O) groups is 5. The fraction of sp³-hybridized carbons (Fsp3) is 0.577. The summed E-state index contributed by atoms with van der Waals surface area (Å²) in [6.07, 6.45) is 0.436. The molecule has 5 atom stereocenters. The minimum absolute atomic E-state index is 0.00225. The van der Waals surface area contributed by atoms with E-state index in [0.29, 0.717) is 12.8 Å². The van der Waals surface area contributed by atoms with Crippen molar-refractivity contribution in [1.82, 2.24) is 16.0 Å². The van der Waals surface area contributed by atoms with Gasteiger partial charge in [0.25, 0.3) is 0 Å². The maximum Gasteiger partial charge on any atom is 0.308 e. The Morgan fingerprint density at radius 1 is 0.892 bits per heavy atom. The van der Waals surface area contributed by atoms with E-state index < -0.39 is 60.2 Å². The quantitative estimate of drug-likeness (QED) is 0.209. The number of nitrogens with two attached hydrogens (primary N) is 2. The molecule has 0 aliphatic rings. The Morgan fingerprint density at radius 2 is 1.51 bits per heavy atom. The number of amides is 4. The van der Waals surface area contributed by atoms with Crippen molar-refractivity contribution in [3.05, 3.63) is 35.9 Å². The zero-order valence-corrected chi connectivity index (χ0v) is 22.3. The summed E-state index contributed by atoms with van der Waals surface area (Å²) in [4.78, 5) is 62.7. The van der Waals surface area contributed by atoms with Gasteiger partial charge in [-0.1, -0.05) is 64.4 Å². The summed E-state index contributed by atoms with van der Waals surface area (Å²) in [5.74, 6) is -3.60. The number of hydrogen-bond donors (Lipinski definition) is 5. The SMILES string of the molecule is CC[C@H](C)[C@H](NC(=O)[C@H](CC(=O)OCc1ccccc1)NC(=O)[C@@H](N)CC(C)C)C(=O)N[C@H](C)C(N)=O. The molecule has 0 saturated heterocycles. The summed E-state index contributed by atoms with van der Waals surface area (Å²) in [5, 5.41) is 7.61. The normalized spacial score (nSPS) is 15.0. The van der Waals surface area contributed by atoms with E-state index in [0.717, 1.165) is 5.56 Å². The first kappa shape index (κ1) is 31.6. The highest BCUT2D eigenvalue weighted by Crippen LogP contribution is 2.11. The van der Waals surface area contributed by atoms with Crippen LogP contribution in [0.25, 0.3) is 0 Å². The molecule has 4 amide bonds. The number of nitrogens with one attached hydrogen (secondary N) is 3. The summed E-state index contributed by atoms with van der Waals surface area (Å²) < 4.78 is 5.28. The molecule has 7 N–H and O–H groups in total. The first-order chi connectivity index (χ1) is 17.3. The highest BCUT2D eigenvalue weighted by atomic mass is 16.5. The Balaban J connectivity index is 3.04. The van der Waals surface area contributed by atoms with Crippen molar-refractivity contribution in [1.29, 1.82) is 0 Å². The van der Waals surface area contributed by atoms with Crippen LogP contribution in [0.3, 0.4) is 0 Å². The molecule has 0 bridgehead atoms. The van der Waals surface area contributed by atoms with Gasteiger partial charge in [-0.3, -0.25) is 24.0 Å². The third-order valence-electron chi connectivity index (χ3n) is 5.89. The van der Waals surface area contributed by atoms with Crippen molar-refractivity contribution in [3.8, 4) is 0 Å². The van der Waals surface area contributed by atoms with Gasteiger partial charge in [0, 0.05) is 0 Å². The highest BCUT2D eigenvalue weighted by molar-refractivity contribution is 5.96. The Hall–Kier alpha value is -3.47. The van der Waals surface area contributed by atoms with E-state index >= 15 is 0 Å². The molecule has 0 unspecified atom stereocenters. The van der Waals surface area contributed by atoms with Crippen LogP contribution in [-0.4, -0.2) is 53.8 Å². The van der Waals surface area contributed by atoms with Crippen LogP contribution in [0.15, 0.2) is 30.3 Å². The van der Waals surface area contributed by atoms with Gasteiger partial charge in [0.1, 0.15) is 24.7 Å². The first-order valence-electron chi connectivity index (χ1n) is 12.5. The van der Waals surface area contributed by atoms with Crippen molar-refractivity contribution in [2.75, 3.05) is 0 Å². The molecule has 11 nitrogen and oxygen atoms in total. The van der Waals surface area contributed by atoms with Gasteiger partial charge in [-0.15, -0.1) is 0 Å². The van der Waals surface area contributed by atoms with Crippen LogP contribution in [0.2, 0.25) is 0 Å². The van der Waals surface area contributed by atoms with E-state index in [9.17, 15) is 24.0 Å². The molecule has 0 saturated carbocycles. The van der Waals surface area contributed by atoms with E-state index in [1.807, 2.05) is 26.8 Å². The Morgan fingerprint density at radius 3 is 2.05 bits per heavy atom. The van der Waals surface area contributed by atoms with E-state index in [1.165, 1.54) is 6.92 Å². The van der Waals surface area contributed by atoms with Crippen LogP contribution in [0.4, 0.5) is 0 Å². The minimum Gasteiger partial charge on any atom is -0.461 e. The lowest BCUT2D eigenvalue weighted by Gasteiger charge is -2.27. The highest BCUT2D eigenvalue weighted by Gasteiger charge is 2.33. The Kier molecular flexibility index (Phi) is 13.3. The Labute approximate surface area is 218 Å². The lowest BCUT2D eigenvalue weighted by atomic mass is 9.97. The smallest absolute Gasteiger partial charge is 0.308 e. The number of esters is 1. The molecular weight excluding hydrogens is 478 g/mol. The standard InChI is InChI=1S/C26H41N5O6/c1-6-16(4)22(26(36)29-17(5)23(28)33)31-25(35)20(30-24(34)19(27)12-15(2)3)13-21(32)37-14-18-10-8-7-9-11-18/h7-11,15-17,19-20,22H,6,12-14,27H2,1-5H3,(H2,28,33)(H,29,36)(H,30,34)(H,31,35)/t16-,17+,19-,20-,22-/m0/s1. The van der Waals surface area contributed by atoms with Gasteiger partial charge in [0.15, 0.2) is 0 Å². The average Bonchev–Trinajstić information content (AvgIpc) is 2.84. The summed E-state index contributed by atoms with van der Waals surface area (Å²) in [7, 11) is 0. The fourth-order valence-corrected chi connectivity index (χ4v) is 3.40. The van der Waals surface area contributed by atoms with Crippen LogP contribution in [0.1, 0.15) is 59.4 Å². The van der Waals surface area contributed by atoms with Gasteiger partial charge >= 0.3 is 5.97 Å². The van der Waals surface area contributed by atoms with Crippen molar-refractivity contribution >= 4 is 29.6 Å². The second-order valence-electron chi connectivity index (χ2n) is 9.65. The molecule has 0 aliphatic carbocycles. The lowest BCUT2D eigenvalue weighted by molar-refractivity contribution is -0.147. The lowest BCUT2D eigenvalue weighted by Crippen LogP contribution is -2.59. The van der Waals surface area contributed by atoms with Crippen LogP contribution in [-0.2, 0) is 35.3 Å². The van der Waals surface area contributed by atoms with Gasteiger partial charge in [0.05, 0.1) is 12.5 Å². The van der Waals surface area contributed by atoms with E-state index in [4.69, 9.17) is 16.2 Å². The molecule has 0 aromatic heterocycles. The predicted molar refractivity (Wildman–Crippen MR) is 138 cm³/mol. The molecule has 1 rings (SSSR count). The zero-order valence-electron chi connectivity index (χ0n) is 22.3. The van der Waals surface area contributed by atoms with Crippen LogP contribution >= 0.6 is 0 Å². The molecule has 206 valence electrons. The molecule has 1 aromatic rings. The third-order valence-corrected chi connectivity index (χ3v) is 5.89. The van der Waals surface area contributed by atoms with Crippen molar-refractivity contribution < 1.29 is 28.7 Å². The molecule has 1 aromatic carbocycles. The van der Waals surface area contributed by atoms with E-state index in [2.05, 4.69) is 16.0 Å². The Bertz CT molecular complexity index is 923. The summed E-state index contributed by atoms with van der Waals surface area (Å²) in [5.41, 5.74) is 12.0. The van der Waals surface area contributed by atoms with Gasteiger partial charge in [0.2, 0.25) is 23.6 Å². The van der Waals surface area contributed by atoms with Crippen LogP contribution < -0.4 is 27.4 Å². The number of hydrogen-bond acceptors (Lipinski definition) is 7.